The molecule has 21 heavy (non-hydrogen) atoms. The van der Waals surface area contributed by atoms with Gasteiger partial charge in [0, 0.05) is 28.2 Å². The lowest BCUT2D eigenvalue weighted by molar-refractivity contribution is 0.324. The summed E-state index contributed by atoms with van der Waals surface area (Å²) in [5.41, 5.74) is 1.34. The molecule has 0 atom stereocenters. The van der Waals surface area contributed by atoms with E-state index in [0.717, 1.165) is 38.5 Å². The van der Waals surface area contributed by atoms with E-state index in [-0.39, 0.29) is 0 Å². The van der Waals surface area contributed by atoms with Crippen LogP contribution in [0.1, 0.15) is 33.3 Å². The molecule has 0 saturated carbocycles. The van der Waals surface area contributed by atoms with Crippen molar-refractivity contribution in [1.29, 1.82) is 0 Å². The molecule has 1 rings (SSSR count). The lowest BCUT2D eigenvalue weighted by Gasteiger charge is -2.17. The summed E-state index contributed by atoms with van der Waals surface area (Å²) in [6.45, 7) is 14.4. The van der Waals surface area contributed by atoms with Gasteiger partial charge in [-0.05, 0) is 59.2 Å². The van der Waals surface area contributed by atoms with Crippen molar-refractivity contribution in [2.24, 2.45) is 5.92 Å². The van der Waals surface area contributed by atoms with E-state index in [4.69, 9.17) is 0 Å². The average molecular weight is 373 g/mol. The molecule has 0 saturated heterocycles. The van der Waals surface area contributed by atoms with E-state index in [9.17, 15) is 0 Å². The van der Waals surface area contributed by atoms with Crippen LogP contribution >= 0.6 is 27.7 Å². The van der Waals surface area contributed by atoms with E-state index in [1.807, 2.05) is 11.8 Å². The van der Waals surface area contributed by atoms with Crippen molar-refractivity contribution in [3.05, 3.63) is 28.2 Å². The third-order valence-corrected chi connectivity index (χ3v) is 5.41. The molecule has 2 nitrogen and oxygen atoms in total. The van der Waals surface area contributed by atoms with Gasteiger partial charge < -0.3 is 10.2 Å². The highest BCUT2D eigenvalue weighted by molar-refractivity contribution is 9.10. The van der Waals surface area contributed by atoms with Crippen molar-refractivity contribution in [1.82, 2.24) is 10.2 Å². The Morgan fingerprint density at radius 1 is 1.24 bits per heavy atom. The smallest absolute Gasteiger partial charge is 0.0314 e. The Hall–Kier alpha value is -0.0300. The van der Waals surface area contributed by atoms with E-state index < -0.39 is 0 Å². The molecule has 1 N–H and O–H groups in total. The van der Waals surface area contributed by atoms with E-state index in [2.05, 4.69) is 72.0 Å². The molecule has 0 spiro atoms. The lowest BCUT2D eigenvalue weighted by atomic mass is 10.2. The number of benzene rings is 1. The average Bonchev–Trinajstić information content (AvgIpc) is 2.45. The second-order valence-corrected chi connectivity index (χ2v) is 7.66. The Kier molecular flexibility index (Phi) is 9.65. The van der Waals surface area contributed by atoms with Gasteiger partial charge >= 0.3 is 0 Å². The summed E-state index contributed by atoms with van der Waals surface area (Å²) in [4.78, 5) is 3.81. The molecule has 0 fully saturated rings. The monoisotopic (exact) mass is 372 g/mol. The number of thioether (sulfide) groups is 1. The first kappa shape index (κ1) is 19.0. The summed E-state index contributed by atoms with van der Waals surface area (Å²) < 4.78 is 1.22. The predicted molar refractivity (Wildman–Crippen MR) is 99.2 cm³/mol. The fourth-order valence-electron chi connectivity index (χ4n) is 2.10. The second-order valence-electron chi connectivity index (χ2n) is 5.66. The van der Waals surface area contributed by atoms with E-state index in [1.165, 1.54) is 14.9 Å². The number of hydrogen-bond acceptors (Lipinski definition) is 3. The molecular weight excluding hydrogens is 344 g/mol. The molecule has 1 aromatic carbocycles. The van der Waals surface area contributed by atoms with Gasteiger partial charge in [0.2, 0.25) is 0 Å². The third kappa shape index (κ3) is 7.68. The maximum Gasteiger partial charge on any atom is 0.0314 e. The minimum atomic E-state index is 0.698. The number of rotatable bonds is 10. The second kappa shape index (κ2) is 10.7. The van der Waals surface area contributed by atoms with Gasteiger partial charge in [-0.15, -0.1) is 11.8 Å². The van der Waals surface area contributed by atoms with Crippen molar-refractivity contribution >= 4 is 27.7 Å². The lowest BCUT2D eigenvalue weighted by Crippen LogP contribution is -2.25. The molecule has 1 aromatic rings. The molecule has 0 radical (unpaired) electrons. The van der Waals surface area contributed by atoms with Gasteiger partial charge in [-0.2, -0.15) is 0 Å². The predicted octanol–water partition coefficient (Wildman–Crippen LogP) is 4.63. The zero-order valence-electron chi connectivity index (χ0n) is 13.8. The number of nitrogens with zero attached hydrogens (tertiary/aromatic N) is 1. The van der Waals surface area contributed by atoms with Crippen LogP contribution in [-0.4, -0.2) is 36.8 Å². The first-order chi connectivity index (χ1) is 10.1. The molecular formula is C17H29BrN2S. The van der Waals surface area contributed by atoms with Gasteiger partial charge in [0.25, 0.3) is 0 Å². The van der Waals surface area contributed by atoms with Crippen molar-refractivity contribution in [2.75, 3.05) is 31.9 Å². The Morgan fingerprint density at radius 2 is 1.95 bits per heavy atom. The normalized spacial score (nSPS) is 11.6. The minimum absolute atomic E-state index is 0.698. The van der Waals surface area contributed by atoms with Gasteiger partial charge in [-0.25, -0.2) is 0 Å². The van der Waals surface area contributed by atoms with E-state index in [1.54, 1.807) is 0 Å². The summed E-state index contributed by atoms with van der Waals surface area (Å²) in [5, 5.41) is 3.49. The number of nitrogens with one attached hydrogen (secondary N) is 1. The van der Waals surface area contributed by atoms with Gasteiger partial charge in [0.1, 0.15) is 0 Å². The van der Waals surface area contributed by atoms with Gasteiger partial charge in [0.15, 0.2) is 0 Å². The van der Waals surface area contributed by atoms with Gasteiger partial charge in [0.05, 0.1) is 0 Å². The molecule has 0 amide bonds. The quantitative estimate of drug-likeness (QED) is 0.602. The van der Waals surface area contributed by atoms with E-state index >= 15 is 0 Å². The maximum absolute atomic E-state index is 3.71. The highest BCUT2D eigenvalue weighted by Crippen LogP contribution is 2.28. The van der Waals surface area contributed by atoms with Crippen LogP contribution in [0.2, 0.25) is 0 Å². The van der Waals surface area contributed by atoms with Crippen molar-refractivity contribution < 1.29 is 0 Å². The largest absolute Gasteiger partial charge is 0.312 e. The zero-order chi connectivity index (χ0) is 15.7. The molecule has 120 valence electrons. The van der Waals surface area contributed by atoms with Crippen molar-refractivity contribution in [3.63, 3.8) is 0 Å². The molecule has 0 bridgehead atoms. The molecule has 0 aromatic heterocycles. The SMILES string of the molecule is CCN(CC)CCSc1ccc(CNCC(C)C)cc1Br. The molecule has 0 aliphatic heterocycles. The summed E-state index contributed by atoms with van der Waals surface area (Å²) in [6.07, 6.45) is 0. The number of hydrogen-bond donors (Lipinski definition) is 1. The first-order valence-corrected chi connectivity index (χ1v) is 9.68. The summed E-state index contributed by atoms with van der Waals surface area (Å²) >= 11 is 5.64. The number of halogens is 1. The van der Waals surface area contributed by atoms with Crippen LogP contribution in [0.4, 0.5) is 0 Å². The van der Waals surface area contributed by atoms with Crippen LogP contribution in [0.25, 0.3) is 0 Å². The van der Waals surface area contributed by atoms with Gasteiger partial charge in [-0.1, -0.05) is 33.8 Å². The Balaban J connectivity index is 2.43. The molecule has 0 aliphatic carbocycles. The first-order valence-electron chi connectivity index (χ1n) is 7.91. The maximum atomic E-state index is 3.71. The van der Waals surface area contributed by atoms with Crippen LogP contribution in [0.3, 0.4) is 0 Å². The van der Waals surface area contributed by atoms with Gasteiger partial charge in [-0.3, -0.25) is 0 Å². The molecule has 0 heterocycles. The Labute approximate surface area is 143 Å². The highest BCUT2D eigenvalue weighted by Gasteiger charge is 2.04. The summed E-state index contributed by atoms with van der Waals surface area (Å²) in [6, 6.07) is 6.72. The summed E-state index contributed by atoms with van der Waals surface area (Å²) in [7, 11) is 0. The molecule has 0 unspecified atom stereocenters. The molecule has 0 aliphatic rings. The van der Waals surface area contributed by atoms with Crippen molar-refractivity contribution in [3.8, 4) is 0 Å². The van der Waals surface area contributed by atoms with E-state index in [0.29, 0.717) is 5.92 Å². The standard InChI is InChI=1S/C17H29BrN2S/c1-5-20(6-2)9-10-21-17-8-7-15(11-16(17)18)13-19-12-14(3)4/h7-8,11,14,19H,5-6,9-10,12-13H2,1-4H3. The topological polar surface area (TPSA) is 15.3 Å². The van der Waals surface area contributed by atoms with Crippen molar-refractivity contribution in [2.45, 2.75) is 39.1 Å². The fraction of sp³-hybridized carbons (Fsp3) is 0.647. The Morgan fingerprint density at radius 3 is 2.52 bits per heavy atom. The van der Waals surface area contributed by atoms with Crippen LogP contribution in [0, 0.1) is 5.92 Å². The minimum Gasteiger partial charge on any atom is -0.312 e. The third-order valence-electron chi connectivity index (χ3n) is 3.44. The zero-order valence-corrected chi connectivity index (χ0v) is 16.2. The van der Waals surface area contributed by atoms with Crippen LogP contribution in [0.5, 0.6) is 0 Å². The fourth-order valence-corrected chi connectivity index (χ4v) is 3.80. The van der Waals surface area contributed by atoms with Crippen LogP contribution in [-0.2, 0) is 6.54 Å². The molecule has 4 heteroatoms. The Bertz CT molecular complexity index is 406. The highest BCUT2D eigenvalue weighted by atomic mass is 79.9. The van der Waals surface area contributed by atoms with Crippen LogP contribution < -0.4 is 5.32 Å². The van der Waals surface area contributed by atoms with Crippen LogP contribution in [0.15, 0.2) is 27.6 Å². The summed E-state index contributed by atoms with van der Waals surface area (Å²) in [5.74, 6) is 1.84.